The molecule has 210 valence electrons. The molecule has 2 heterocycles. The van der Waals surface area contributed by atoms with Gasteiger partial charge in [0.05, 0.1) is 35.6 Å². The Labute approximate surface area is 255 Å². The largest absolute Gasteiger partial charge is 0.493 e. The van der Waals surface area contributed by atoms with E-state index in [0.717, 1.165) is 25.8 Å². The minimum absolute atomic E-state index is 0.229. The lowest BCUT2D eigenvalue weighted by Gasteiger charge is -2.24. The summed E-state index contributed by atoms with van der Waals surface area (Å²) in [5.74, 6) is 0.702. The number of nitrogens with zero attached hydrogens (tertiary/aromatic N) is 2. The van der Waals surface area contributed by atoms with Gasteiger partial charge in [-0.2, -0.15) is 0 Å². The molecule has 1 aliphatic heterocycles. The fourth-order valence-electron chi connectivity index (χ4n) is 4.64. The molecule has 4 aromatic rings. The van der Waals surface area contributed by atoms with Crippen LogP contribution in [0.3, 0.4) is 0 Å². The molecule has 0 spiro atoms. The average Bonchev–Trinajstić information content (AvgIpc) is 3.26. The van der Waals surface area contributed by atoms with E-state index in [1.165, 1.54) is 11.3 Å². The Morgan fingerprint density at radius 1 is 1.05 bits per heavy atom. The van der Waals surface area contributed by atoms with Gasteiger partial charge in [0, 0.05) is 3.57 Å². The molecule has 0 fully saturated rings. The molecule has 0 N–H and O–H groups in total. The zero-order valence-electron chi connectivity index (χ0n) is 23.1. The molecule has 9 heteroatoms. The smallest absolute Gasteiger partial charge is 0.338 e. The number of ether oxygens (including phenoxy) is 3. The van der Waals surface area contributed by atoms with Gasteiger partial charge in [-0.3, -0.25) is 9.36 Å². The van der Waals surface area contributed by atoms with Crippen molar-refractivity contribution < 1.29 is 19.0 Å². The van der Waals surface area contributed by atoms with E-state index in [9.17, 15) is 9.59 Å². The second kappa shape index (κ2) is 12.4. The molecule has 7 nitrogen and oxygen atoms in total. The number of esters is 1. The van der Waals surface area contributed by atoms with E-state index >= 15 is 0 Å². The van der Waals surface area contributed by atoms with Crippen molar-refractivity contribution >= 4 is 46.0 Å². The minimum atomic E-state index is -0.639. The second-order valence-electron chi connectivity index (χ2n) is 9.54. The van der Waals surface area contributed by atoms with E-state index < -0.39 is 12.0 Å². The number of aromatic nitrogens is 1. The normalized spacial score (nSPS) is 14.9. The number of hydrogen-bond donors (Lipinski definition) is 0. The highest BCUT2D eigenvalue weighted by Gasteiger charge is 2.33. The Morgan fingerprint density at radius 2 is 1.78 bits per heavy atom. The molecule has 0 radical (unpaired) electrons. The summed E-state index contributed by atoms with van der Waals surface area (Å²) in [7, 11) is 1.59. The Bertz CT molecular complexity index is 1800. The molecule has 3 aromatic carbocycles. The average molecular weight is 681 g/mol. The number of aryl methyl sites for hydroxylation is 1. The molecule has 0 aliphatic carbocycles. The van der Waals surface area contributed by atoms with Crippen LogP contribution < -0.4 is 24.4 Å². The van der Waals surface area contributed by atoms with Crippen LogP contribution >= 0.6 is 33.9 Å². The molecule has 1 atom stereocenters. The number of carbonyl (C=O) groups excluding carboxylic acids is 1. The molecule has 1 aromatic heterocycles. The quantitative estimate of drug-likeness (QED) is 0.187. The van der Waals surface area contributed by atoms with Gasteiger partial charge < -0.3 is 14.2 Å². The topological polar surface area (TPSA) is 79.1 Å². The number of hydrogen-bond acceptors (Lipinski definition) is 7. The van der Waals surface area contributed by atoms with Crippen molar-refractivity contribution in [3.8, 4) is 11.5 Å². The first-order valence-electron chi connectivity index (χ1n) is 13.1. The highest BCUT2D eigenvalue weighted by Crippen LogP contribution is 2.31. The Kier molecular flexibility index (Phi) is 8.74. The number of fused-ring (bicyclic) bond motifs is 1. The highest BCUT2D eigenvalue weighted by atomic mass is 127. The third kappa shape index (κ3) is 6.15. The lowest BCUT2D eigenvalue weighted by Crippen LogP contribution is -2.39. The van der Waals surface area contributed by atoms with Gasteiger partial charge in [0.15, 0.2) is 16.3 Å². The molecule has 0 unspecified atom stereocenters. The first-order valence-corrected chi connectivity index (χ1v) is 15.0. The van der Waals surface area contributed by atoms with Crippen molar-refractivity contribution in [3.05, 3.63) is 124 Å². The number of rotatable bonds is 8. The van der Waals surface area contributed by atoms with Crippen molar-refractivity contribution in [1.82, 2.24) is 4.57 Å². The van der Waals surface area contributed by atoms with Crippen LogP contribution in [0.4, 0.5) is 0 Å². The number of allylic oxidation sites excluding steroid dienone is 1. The highest BCUT2D eigenvalue weighted by molar-refractivity contribution is 14.1. The van der Waals surface area contributed by atoms with Gasteiger partial charge in [0.2, 0.25) is 0 Å². The molecule has 0 amide bonds. The van der Waals surface area contributed by atoms with Crippen LogP contribution in [0, 0.1) is 10.5 Å². The molecule has 41 heavy (non-hydrogen) atoms. The lowest BCUT2D eigenvalue weighted by atomic mass is 9.95. The monoisotopic (exact) mass is 680 g/mol. The molecule has 1 aliphatic rings. The number of benzene rings is 3. The molecule has 5 rings (SSSR count). The van der Waals surface area contributed by atoms with Gasteiger partial charge in [-0.25, -0.2) is 9.79 Å². The van der Waals surface area contributed by atoms with Crippen LogP contribution in [0.2, 0.25) is 0 Å². The fraction of sp³-hybridized carbons (Fsp3) is 0.219. The van der Waals surface area contributed by atoms with Gasteiger partial charge in [0.1, 0.15) is 6.61 Å². The maximum Gasteiger partial charge on any atom is 0.338 e. The van der Waals surface area contributed by atoms with E-state index in [2.05, 4.69) is 27.6 Å². The van der Waals surface area contributed by atoms with Crippen molar-refractivity contribution in [2.24, 2.45) is 4.99 Å². The Balaban J connectivity index is 1.53. The third-order valence-corrected chi connectivity index (χ3v) is 8.41. The maximum atomic E-state index is 13.9. The molecular formula is C32H29IN2O5S. The third-order valence-electron chi connectivity index (χ3n) is 6.70. The van der Waals surface area contributed by atoms with Gasteiger partial charge in [-0.1, -0.05) is 59.4 Å². The van der Waals surface area contributed by atoms with Gasteiger partial charge in [-0.15, -0.1) is 0 Å². The predicted octanol–water partition coefficient (Wildman–Crippen LogP) is 5.30. The van der Waals surface area contributed by atoms with Crippen molar-refractivity contribution in [2.75, 3.05) is 13.7 Å². The van der Waals surface area contributed by atoms with Crippen LogP contribution in [-0.2, 0) is 16.1 Å². The lowest BCUT2D eigenvalue weighted by molar-refractivity contribution is -0.139. The summed E-state index contributed by atoms with van der Waals surface area (Å²) < 4.78 is 20.2. The zero-order valence-corrected chi connectivity index (χ0v) is 26.1. The first-order chi connectivity index (χ1) is 19.8. The van der Waals surface area contributed by atoms with E-state index in [1.54, 1.807) is 25.5 Å². The number of methoxy groups -OCH3 is 1. The van der Waals surface area contributed by atoms with Crippen LogP contribution in [0.25, 0.3) is 6.08 Å². The first kappa shape index (κ1) is 28.8. The van der Waals surface area contributed by atoms with E-state index in [1.807, 2.05) is 79.7 Å². The SMILES string of the molecule is CCOC(=O)C1=C(C)N=c2s/c(=C/c3ccc(OCc4ccc(I)cc4)c(OC)c3)c(=O)n2[C@H]1c1ccc(C)cc1. The second-order valence-corrected chi connectivity index (χ2v) is 11.8. The van der Waals surface area contributed by atoms with E-state index in [-0.39, 0.29) is 12.2 Å². The van der Waals surface area contributed by atoms with Gasteiger partial charge in [0.25, 0.3) is 5.56 Å². The Hall–Kier alpha value is -3.70. The summed E-state index contributed by atoms with van der Waals surface area (Å²) in [6.07, 6.45) is 1.81. The van der Waals surface area contributed by atoms with Crippen molar-refractivity contribution in [1.29, 1.82) is 0 Å². The summed E-state index contributed by atoms with van der Waals surface area (Å²) in [6, 6.07) is 20.9. The van der Waals surface area contributed by atoms with Crippen LogP contribution in [0.15, 0.2) is 87.8 Å². The van der Waals surface area contributed by atoms with Crippen LogP contribution in [0.1, 0.15) is 42.1 Å². The summed E-state index contributed by atoms with van der Waals surface area (Å²) in [5, 5.41) is 0. The zero-order chi connectivity index (χ0) is 29.1. The predicted molar refractivity (Wildman–Crippen MR) is 168 cm³/mol. The van der Waals surface area contributed by atoms with Crippen LogP contribution in [0.5, 0.6) is 11.5 Å². The number of thiazole rings is 1. The summed E-state index contributed by atoms with van der Waals surface area (Å²) in [4.78, 5) is 32.1. The van der Waals surface area contributed by atoms with Crippen molar-refractivity contribution in [3.63, 3.8) is 0 Å². The van der Waals surface area contributed by atoms with E-state index in [0.29, 0.717) is 38.7 Å². The molecule has 0 saturated heterocycles. The van der Waals surface area contributed by atoms with E-state index in [4.69, 9.17) is 14.2 Å². The summed E-state index contributed by atoms with van der Waals surface area (Å²) in [6.45, 7) is 6.18. The van der Waals surface area contributed by atoms with Gasteiger partial charge >= 0.3 is 5.97 Å². The van der Waals surface area contributed by atoms with Crippen molar-refractivity contribution in [2.45, 2.75) is 33.4 Å². The Morgan fingerprint density at radius 3 is 2.46 bits per heavy atom. The molecular weight excluding hydrogens is 651 g/mol. The summed E-state index contributed by atoms with van der Waals surface area (Å²) >= 11 is 3.56. The van der Waals surface area contributed by atoms with Crippen LogP contribution in [-0.4, -0.2) is 24.3 Å². The summed E-state index contributed by atoms with van der Waals surface area (Å²) in [5.41, 5.74) is 4.41. The fourth-order valence-corrected chi connectivity index (χ4v) is 6.05. The standard InChI is InChI=1S/C32H29IN2O5S/c1-5-39-31(37)28-20(3)34-32-35(29(28)23-11-6-19(2)7-12-23)30(36)27(41-32)17-22-10-15-25(26(16-22)38-4)40-18-21-8-13-24(33)14-9-21/h6-17,29H,5,18H2,1-4H3/b27-17+/t29-/m0/s1. The minimum Gasteiger partial charge on any atom is -0.493 e. The maximum absolute atomic E-state index is 13.9. The van der Waals surface area contributed by atoms with Gasteiger partial charge in [-0.05, 0) is 90.4 Å². The number of halogens is 1. The molecule has 0 saturated carbocycles. The molecule has 0 bridgehead atoms. The number of carbonyl (C=O) groups is 1.